The molecular formula is C26H27Cl2N3O3. The van der Waals surface area contributed by atoms with Crippen molar-refractivity contribution in [3.63, 3.8) is 0 Å². The fourth-order valence-electron chi connectivity index (χ4n) is 6.02. The maximum atomic E-state index is 12.9. The summed E-state index contributed by atoms with van der Waals surface area (Å²) >= 11 is 13.1. The van der Waals surface area contributed by atoms with Crippen molar-refractivity contribution in [3.05, 3.63) is 69.5 Å². The van der Waals surface area contributed by atoms with E-state index < -0.39 is 5.41 Å². The first-order valence-electron chi connectivity index (χ1n) is 11.5. The number of hydrogen-bond acceptors (Lipinski definition) is 5. The number of carbonyl (C=O) groups is 1. The number of rotatable bonds is 5. The number of carbonyl (C=O) groups excluding carboxylic acids is 1. The van der Waals surface area contributed by atoms with Gasteiger partial charge in [0.2, 0.25) is 17.7 Å². The predicted molar refractivity (Wildman–Crippen MR) is 131 cm³/mol. The highest BCUT2D eigenvalue weighted by atomic mass is 35.5. The van der Waals surface area contributed by atoms with Crippen LogP contribution in [0.15, 0.2) is 46.9 Å². The van der Waals surface area contributed by atoms with Gasteiger partial charge in [-0.25, -0.2) is 0 Å². The number of amides is 1. The number of aromatic nitrogens is 2. The van der Waals surface area contributed by atoms with E-state index in [2.05, 4.69) is 47.6 Å². The van der Waals surface area contributed by atoms with E-state index in [0.717, 1.165) is 24.0 Å². The van der Waals surface area contributed by atoms with Gasteiger partial charge in [0, 0.05) is 34.7 Å². The van der Waals surface area contributed by atoms with Crippen LogP contribution in [0.25, 0.3) is 11.5 Å². The number of nitrogens with zero attached hydrogens (tertiary/aromatic N) is 2. The number of ether oxygens (including phenoxy) is 1. The second kappa shape index (κ2) is 8.99. The largest absolute Gasteiger partial charge is 0.418 e. The SMILES string of the molecule is COCc1nnc(-c2ccc([C@@H]3CC[C@@]4(C)C(=O)N[C@H](C)[C@H]4[C@H]3c3ccc(Cl)cc3)c(Cl)c2)o1. The number of fused-ring (bicyclic) bond motifs is 1. The molecule has 0 spiro atoms. The van der Waals surface area contributed by atoms with Crippen molar-refractivity contribution in [1.29, 1.82) is 0 Å². The zero-order chi connectivity index (χ0) is 24.0. The van der Waals surface area contributed by atoms with Crippen LogP contribution >= 0.6 is 23.2 Å². The van der Waals surface area contributed by atoms with Gasteiger partial charge < -0.3 is 14.5 Å². The molecule has 1 N–H and O–H groups in total. The van der Waals surface area contributed by atoms with E-state index in [1.165, 1.54) is 5.56 Å². The first-order valence-corrected chi connectivity index (χ1v) is 12.2. The first kappa shape index (κ1) is 23.3. The third-order valence-electron chi connectivity index (χ3n) is 7.58. The second-order valence-corrected chi connectivity index (χ2v) is 10.4. The molecule has 5 rings (SSSR count). The van der Waals surface area contributed by atoms with Gasteiger partial charge in [-0.1, -0.05) is 48.3 Å². The van der Waals surface area contributed by atoms with E-state index in [4.69, 9.17) is 32.4 Å². The van der Waals surface area contributed by atoms with E-state index in [0.29, 0.717) is 21.8 Å². The molecule has 8 heteroatoms. The third-order valence-corrected chi connectivity index (χ3v) is 8.16. The van der Waals surface area contributed by atoms with Gasteiger partial charge >= 0.3 is 0 Å². The Kier molecular flexibility index (Phi) is 6.17. The predicted octanol–water partition coefficient (Wildman–Crippen LogP) is 5.99. The number of nitrogens with one attached hydrogen (secondary N) is 1. The quantitative estimate of drug-likeness (QED) is 0.466. The van der Waals surface area contributed by atoms with Gasteiger partial charge in [-0.2, -0.15) is 0 Å². The summed E-state index contributed by atoms with van der Waals surface area (Å²) in [5, 5.41) is 12.7. The lowest BCUT2D eigenvalue weighted by Crippen LogP contribution is -2.42. The molecule has 0 bridgehead atoms. The molecule has 2 fully saturated rings. The van der Waals surface area contributed by atoms with Crippen molar-refractivity contribution in [1.82, 2.24) is 15.5 Å². The topological polar surface area (TPSA) is 77.2 Å². The number of benzene rings is 2. The smallest absolute Gasteiger partial charge is 0.247 e. The lowest BCUT2D eigenvalue weighted by Gasteiger charge is -2.46. The average molecular weight is 500 g/mol. The van der Waals surface area contributed by atoms with Crippen LogP contribution in [0, 0.1) is 11.3 Å². The molecule has 1 saturated carbocycles. The maximum absolute atomic E-state index is 12.9. The number of halogens is 2. The Morgan fingerprint density at radius 3 is 2.65 bits per heavy atom. The highest BCUT2D eigenvalue weighted by Crippen LogP contribution is 2.59. The highest BCUT2D eigenvalue weighted by molar-refractivity contribution is 6.31. The zero-order valence-corrected chi connectivity index (χ0v) is 20.9. The van der Waals surface area contributed by atoms with Gasteiger partial charge in [0.25, 0.3) is 0 Å². The molecule has 5 atom stereocenters. The number of hydrogen-bond donors (Lipinski definition) is 1. The molecule has 0 unspecified atom stereocenters. The van der Waals surface area contributed by atoms with Gasteiger partial charge in [0.1, 0.15) is 6.61 Å². The normalized spacial score (nSPS) is 28.6. The molecule has 3 aromatic rings. The summed E-state index contributed by atoms with van der Waals surface area (Å²) in [5.41, 5.74) is 2.60. The standard InChI is InChI=1S/C26H27Cl2N3O3/c1-14-23-22(15-4-7-17(27)8-5-15)19(10-11-26(23,2)25(32)29-14)18-9-6-16(12-20(18)28)24-31-30-21(34-24)13-33-3/h4-9,12,14,19,22-23H,10-11,13H2,1-3H3,(H,29,32)/t14-,19+,22+,23+,26-/m1/s1. The van der Waals surface area contributed by atoms with E-state index in [9.17, 15) is 4.79 Å². The minimum absolute atomic E-state index is 0.0663. The third kappa shape index (κ3) is 3.92. The van der Waals surface area contributed by atoms with Gasteiger partial charge in [0.05, 0.1) is 5.41 Å². The van der Waals surface area contributed by atoms with Crippen LogP contribution in [0.1, 0.15) is 55.5 Å². The van der Waals surface area contributed by atoms with Gasteiger partial charge in [-0.05, 0) is 67.0 Å². The molecule has 1 aliphatic heterocycles. The minimum Gasteiger partial charge on any atom is -0.418 e. The molecular weight excluding hydrogens is 473 g/mol. The fraction of sp³-hybridized carbons (Fsp3) is 0.423. The summed E-state index contributed by atoms with van der Waals surface area (Å²) in [5.74, 6) is 1.38. The Morgan fingerprint density at radius 1 is 1.18 bits per heavy atom. The summed E-state index contributed by atoms with van der Waals surface area (Å²) in [6.45, 7) is 4.47. The molecule has 0 radical (unpaired) electrons. The molecule has 1 amide bonds. The average Bonchev–Trinajstić information content (AvgIpc) is 3.36. The molecule has 2 aliphatic rings. The lowest BCUT2D eigenvalue weighted by atomic mass is 9.56. The highest BCUT2D eigenvalue weighted by Gasteiger charge is 2.57. The van der Waals surface area contributed by atoms with Gasteiger partial charge in [-0.15, -0.1) is 10.2 Å². The Morgan fingerprint density at radius 2 is 1.94 bits per heavy atom. The molecule has 178 valence electrons. The van der Waals surface area contributed by atoms with Crippen molar-refractivity contribution in [2.24, 2.45) is 11.3 Å². The molecule has 2 aromatic carbocycles. The van der Waals surface area contributed by atoms with E-state index in [1.807, 2.05) is 24.3 Å². The summed E-state index contributed by atoms with van der Waals surface area (Å²) in [4.78, 5) is 12.9. The fourth-order valence-corrected chi connectivity index (χ4v) is 6.47. The minimum atomic E-state index is -0.409. The van der Waals surface area contributed by atoms with Crippen molar-refractivity contribution in [2.45, 2.75) is 51.2 Å². The zero-order valence-electron chi connectivity index (χ0n) is 19.3. The van der Waals surface area contributed by atoms with Crippen molar-refractivity contribution < 1.29 is 13.9 Å². The maximum Gasteiger partial charge on any atom is 0.247 e. The Labute approximate surface area is 209 Å². The van der Waals surface area contributed by atoms with E-state index in [-0.39, 0.29) is 36.3 Å². The number of methoxy groups -OCH3 is 1. The molecule has 2 heterocycles. The summed E-state index contributed by atoms with van der Waals surface area (Å²) in [6.07, 6.45) is 1.67. The monoisotopic (exact) mass is 499 g/mol. The summed E-state index contributed by atoms with van der Waals surface area (Å²) in [7, 11) is 1.58. The first-order chi connectivity index (χ1) is 16.3. The van der Waals surface area contributed by atoms with Crippen molar-refractivity contribution in [3.8, 4) is 11.5 Å². The lowest BCUT2D eigenvalue weighted by molar-refractivity contribution is -0.129. The Bertz CT molecular complexity index is 1210. The van der Waals surface area contributed by atoms with Crippen LogP contribution in [0.3, 0.4) is 0 Å². The van der Waals surface area contributed by atoms with Crippen LogP contribution in [-0.4, -0.2) is 29.3 Å². The van der Waals surface area contributed by atoms with Gasteiger partial charge in [0.15, 0.2) is 0 Å². The van der Waals surface area contributed by atoms with Crippen molar-refractivity contribution in [2.75, 3.05) is 7.11 Å². The van der Waals surface area contributed by atoms with Crippen molar-refractivity contribution >= 4 is 29.1 Å². The van der Waals surface area contributed by atoms with Crippen LogP contribution in [0.4, 0.5) is 0 Å². The van der Waals surface area contributed by atoms with Crippen LogP contribution in [0.5, 0.6) is 0 Å². The molecule has 1 aliphatic carbocycles. The summed E-state index contributed by atoms with van der Waals surface area (Å²) < 4.78 is 10.7. The molecule has 1 aromatic heterocycles. The van der Waals surface area contributed by atoms with Crippen LogP contribution < -0.4 is 5.32 Å². The molecule has 1 saturated heterocycles. The Hall–Kier alpha value is -2.41. The second-order valence-electron chi connectivity index (χ2n) is 9.60. The molecule has 6 nitrogen and oxygen atoms in total. The van der Waals surface area contributed by atoms with Crippen LogP contribution in [0.2, 0.25) is 10.0 Å². The Balaban J connectivity index is 1.54. The van der Waals surface area contributed by atoms with Gasteiger partial charge in [-0.3, -0.25) is 4.79 Å². The summed E-state index contributed by atoms with van der Waals surface area (Å²) in [6, 6.07) is 14.0. The molecule has 34 heavy (non-hydrogen) atoms. The van der Waals surface area contributed by atoms with E-state index in [1.54, 1.807) is 7.11 Å². The van der Waals surface area contributed by atoms with Crippen LogP contribution in [-0.2, 0) is 16.1 Å². The van der Waals surface area contributed by atoms with E-state index >= 15 is 0 Å².